The van der Waals surface area contributed by atoms with Gasteiger partial charge in [0.2, 0.25) is 0 Å². The monoisotopic (exact) mass is 643 g/mol. The van der Waals surface area contributed by atoms with E-state index >= 15 is 0 Å². The van der Waals surface area contributed by atoms with Crippen LogP contribution in [0, 0.1) is 11.6 Å². The second-order valence-electron chi connectivity index (χ2n) is 12.2. The van der Waals surface area contributed by atoms with E-state index in [-0.39, 0.29) is 11.4 Å². The summed E-state index contributed by atoms with van der Waals surface area (Å²) < 4.78 is 29.6. The summed E-state index contributed by atoms with van der Waals surface area (Å²) in [6, 6.07) is 14.8. The van der Waals surface area contributed by atoms with Crippen LogP contribution in [0.15, 0.2) is 54.6 Å². The first-order valence-electron chi connectivity index (χ1n) is 15.9. The molecule has 11 heteroatoms. The molecule has 0 bridgehead atoms. The molecule has 2 aromatic heterocycles. The van der Waals surface area contributed by atoms with Gasteiger partial charge in [0.15, 0.2) is 11.6 Å². The van der Waals surface area contributed by atoms with Crippen molar-refractivity contribution in [2.75, 3.05) is 26.2 Å². The lowest BCUT2D eigenvalue weighted by Gasteiger charge is -2.17. The lowest BCUT2D eigenvalue weighted by molar-refractivity contribution is 0.0938. The third-order valence-electron chi connectivity index (χ3n) is 9.03. The molecular weight excluding hydrogens is 608 g/mol. The number of carbonyl (C=O) groups is 1. The van der Waals surface area contributed by atoms with E-state index in [0.717, 1.165) is 73.5 Å². The maximum atomic E-state index is 13.7. The van der Waals surface area contributed by atoms with E-state index in [4.69, 9.17) is 16.7 Å². The van der Waals surface area contributed by atoms with Gasteiger partial charge in [-0.2, -0.15) is 5.10 Å². The number of amides is 1. The SMILES string of the molecule is C[C@@H](NC(=O)c1cccc(-c2cc(-c3nn(CCCN4CCCC4)c4c3CNCC4)ccc2Cl)c1)c1nc2cc(F)c(F)cc2[nH]1. The van der Waals surface area contributed by atoms with Gasteiger partial charge in [0.25, 0.3) is 5.91 Å². The summed E-state index contributed by atoms with van der Waals surface area (Å²) in [6.07, 6.45) is 4.62. The van der Waals surface area contributed by atoms with E-state index in [1.54, 1.807) is 13.0 Å². The average molecular weight is 644 g/mol. The summed E-state index contributed by atoms with van der Waals surface area (Å²) in [4.78, 5) is 23.2. The zero-order chi connectivity index (χ0) is 31.8. The highest BCUT2D eigenvalue weighted by Crippen LogP contribution is 2.35. The number of nitrogens with zero attached hydrogens (tertiary/aromatic N) is 4. The topological polar surface area (TPSA) is 90.9 Å². The van der Waals surface area contributed by atoms with Crippen LogP contribution in [-0.4, -0.2) is 56.7 Å². The maximum absolute atomic E-state index is 13.7. The standard InChI is InChI=1S/C35H36ClF2N7O/c1-21(34-41-30-18-28(37)29(38)19-31(30)42-34)40-35(46)24-7-4-6-22(16-24)25-17-23(8-9-27(25)36)33-26-20-39-11-10-32(26)45(43-33)15-5-14-44-12-2-3-13-44/h4,6-9,16-19,21,39H,2-3,5,10-15,20H2,1H3,(H,40,46)(H,41,42)/t21-/m1/s1. The predicted molar refractivity (Wildman–Crippen MR) is 176 cm³/mol. The van der Waals surface area contributed by atoms with Gasteiger partial charge < -0.3 is 20.5 Å². The second-order valence-corrected chi connectivity index (χ2v) is 12.6. The number of benzene rings is 3. The zero-order valence-corrected chi connectivity index (χ0v) is 26.4. The Morgan fingerprint density at radius 3 is 2.72 bits per heavy atom. The highest BCUT2D eigenvalue weighted by molar-refractivity contribution is 6.33. The van der Waals surface area contributed by atoms with Crippen molar-refractivity contribution >= 4 is 28.5 Å². The molecule has 2 aliphatic rings. The lowest BCUT2D eigenvalue weighted by Crippen LogP contribution is -2.27. The van der Waals surface area contributed by atoms with Crippen LogP contribution in [0.2, 0.25) is 5.02 Å². The van der Waals surface area contributed by atoms with Crippen LogP contribution in [-0.2, 0) is 19.5 Å². The van der Waals surface area contributed by atoms with E-state index < -0.39 is 17.7 Å². The minimum atomic E-state index is -0.973. The van der Waals surface area contributed by atoms with Crippen LogP contribution in [0.4, 0.5) is 8.78 Å². The van der Waals surface area contributed by atoms with Crippen LogP contribution in [0.5, 0.6) is 0 Å². The van der Waals surface area contributed by atoms with Crippen LogP contribution in [0.1, 0.15) is 59.7 Å². The number of aromatic nitrogens is 4. The van der Waals surface area contributed by atoms with Crippen LogP contribution < -0.4 is 10.6 Å². The number of fused-ring (bicyclic) bond motifs is 2. The van der Waals surface area contributed by atoms with Gasteiger partial charge in [0, 0.05) is 71.2 Å². The molecule has 1 atom stereocenters. The molecule has 238 valence electrons. The van der Waals surface area contributed by atoms with Gasteiger partial charge in [-0.15, -0.1) is 0 Å². The van der Waals surface area contributed by atoms with Gasteiger partial charge >= 0.3 is 0 Å². The first kappa shape index (κ1) is 30.5. The van der Waals surface area contributed by atoms with E-state index in [1.165, 1.54) is 37.2 Å². The molecular formula is C35H36ClF2N7O. The summed E-state index contributed by atoms with van der Waals surface area (Å²) in [5.74, 6) is -1.85. The molecule has 4 heterocycles. The molecule has 5 aromatic rings. The number of aromatic amines is 1. The maximum Gasteiger partial charge on any atom is 0.251 e. The molecule has 0 radical (unpaired) electrons. The first-order valence-corrected chi connectivity index (χ1v) is 16.3. The van der Waals surface area contributed by atoms with Crippen molar-refractivity contribution in [3.05, 3.63) is 93.9 Å². The fraction of sp³-hybridized carbons (Fsp3) is 0.343. The van der Waals surface area contributed by atoms with Gasteiger partial charge in [-0.1, -0.05) is 29.8 Å². The minimum absolute atomic E-state index is 0.287. The van der Waals surface area contributed by atoms with Crippen molar-refractivity contribution in [1.29, 1.82) is 0 Å². The third-order valence-corrected chi connectivity index (χ3v) is 9.35. The van der Waals surface area contributed by atoms with Crippen molar-refractivity contribution in [3.8, 4) is 22.4 Å². The number of likely N-dealkylation sites (tertiary alicyclic amines) is 1. The quantitative estimate of drug-likeness (QED) is 0.167. The number of nitrogens with one attached hydrogen (secondary N) is 3. The lowest BCUT2D eigenvalue weighted by atomic mass is 9.97. The Morgan fingerprint density at radius 1 is 1.04 bits per heavy atom. The Morgan fingerprint density at radius 2 is 1.87 bits per heavy atom. The number of aryl methyl sites for hydroxylation is 1. The molecule has 3 N–H and O–H groups in total. The molecule has 0 aliphatic carbocycles. The van der Waals surface area contributed by atoms with Crippen molar-refractivity contribution < 1.29 is 13.6 Å². The number of hydrogen-bond acceptors (Lipinski definition) is 5. The predicted octanol–water partition coefficient (Wildman–Crippen LogP) is 6.65. The first-order chi connectivity index (χ1) is 22.3. The Kier molecular flexibility index (Phi) is 8.59. The summed E-state index contributed by atoms with van der Waals surface area (Å²) in [5.41, 5.74) is 7.20. The van der Waals surface area contributed by atoms with Crippen LogP contribution in [0.25, 0.3) is 33.4 Å². The van der Waals surface area contributed by atoms with Gasteiger partial charge in [0.05, 0.1) is 22.8 Å². The molecule has 1 amide bonds. The molecule has 7 rings (SSSR count). The van der Waals surface area contributed by atoms with E-state index in [0.29, 0.717) is 21.9 Å². The highest BCUT2D eigenvalue weighted by Gasteiger charge is 2.23. The number of carbonyl (C=O) groups excluding carboxylic acids is 1. The Labute approximate surface area is 271 Å². The zero-order valence-electron chi connectivity index (χ0n) is 25.7. The number of imidazole rings is 1. The van der Waals surface area contributed by atoms with Crippen molar-refractivity contribution in [2.45, 2.75) is 51.7 Å². The van der Waals surface area contributed by atoms with E-state index in [2.05, 4.69) is 36.2 Å². The highest BCUT2D eigenvalue weighted by atomic mass is 35.5. The largest absolute Gasteiger partial charge is 0.342 e. The Bertz CT molecular complexity index is 1870. The van der Waals surface area contributed by atoms with Crippen molar-refractivity contribution in [3.63, 3.8) is 0 Å². The number of halogens is 3. The summed E-state index contributed by atoms with van der Waals surface area (Å²) in [7, 11) is 0. The molecule has 1 fully saturated rings. The van der Waals surface area contributed by atoms with Crippen LogP contribution >= 0.6 is 11.6 Å². The fourth-order valence-electron chi connectivity index (χ4n) is 6.59. The molecule has 0 unspecified atom stereocenters. The molecule has 8 nitrogen and oxygen atoms in total. The number of rotatable bonds is 9. The molecule has 0 saturated carbocycles. The third kappa shape index (κ3) is 6.17. The molecule has 2 aliphatic heterocycles. The van der Waals surface area contributed by atoms with Gasteiger partial charge in [-0.05, 0) is 75.6 Å². The van der Waals surface area contributed by atoms with Crippen LogP contribution in [0.3, 0.4) is 0 Å². The normalized spacial score (nSPS) is 15.7. The van der Waals surface area contributed by atoms with E-state index in [1.807, 2.05) is 30.3 Å². The molecule has 0 spiro atoms. The Hall–Kier alpha value is -4.12. The fourth-order valence-corrected chi connectivity index (χ4v) is 6.81. The summed E-state index contributed by atoms with van der Waals surface area (Å²) in [5, 5.41) is 12.1. The van der Waals surface area contributed by atoms with E-state index in [9.17, 15) is 13.6 Å². The summed E-state index contributed by atoms with van der Waals surface area (Å²) in [6.45, 7) is 7.88. The number of H-pyrrole nitrogens is 1. The summed E-state index contributed by atoms with van der Waals surface area (Å²) >= 11 is 6.75. The average Bonchev–Trinajstić information content (AvgIpc) is 3.81. The van der Waals surface area contributed by atoms with Gasteiger partial charge in [-0.25, -0.2) is 13.8 Å². The minimum Gasteiger partial charge on any atom is -0.342 e. The van der Waals surface area contributed by atoms with Gasteiger partial charge in [-0.3, -0.25) is 9.48 Å². The van der Waals surface area contributed by atoms with Crippen molar-refractivity contribution in [1.82, 2.24) is 35.3 Å². The van der Waals surface area contributed by atoms with Gasteiger partial charge in [0.1, 0.15) is 5.82 Å². The van der Waals surface area contributed by atoms with Crippen molar-refractivity contribution in [2.24, 2.45) is 0 Å². The Balaban J connectivity index is 1.11. The molecule has 46 heavy (non-hydrogen) atoms. The smallest absolute Gasteiger partial charge is 0.251 e. The molecule has 3 aromatic carbocycles. The second kappa shape index (κ2) is 12.9. The molecule has 1 saturated heterocycles. The number of hydrogen-bond donors (Lipinski definition) is 3.